The Balaban J connectivity index is 1.50. The number of Topliss-reactive ketones (excluding diaryl/α,β-unsaturated/α-hetero) is 1. The van der Waals surface area contributed by atoms with Crippen molar-refractivity contribution < 1.29 is 31.9 Å². The molecule has 0 N–H and O–H groups in total. The number of hydrogen-bond acceptors (Lipinski definition) is 4. The standard InChI is InChI=1S/C34H37F4NO3/c1-3-30(41)33(12-13-34(36,37)38)11-10-28-26-19-29(35)25-18-23(40)8-9-24(25)31(26)27(20-32(28,33)2)21-4-6-22(7-5-21)39-14-16-42-17-15-39/h4-7,18,26-29H,3,8-11,14-17,19-20H2,1-2H3/t26-,27+,28-,29?,32-,33-/m0/s1. The molecule has 1 saturated heterocycles. The number of fused-ring (bicyclic) bond motifs is 4. The Kier molecular flexibility index (Phi) is 7.40. The largest absolute Gasteiger partial charge is 0.457 e. The van der Waals surface area contributed by atoms with Crippen molar-refractivity contribution in [2.45, 2.75) is 77.1 Å². The maximum Gasteiger partial charge on any atom is 0.457 e. The van der Waals surface area contributed by atoms with Gasteiger partial charge in [-0.25, -0.2) is 4.39 Å². The van der Waals surface area contributed by atoms with Crippen LogP contribution in [-0.2, 0) is 14.3 Å². The van der Waals surface area contributed by atoms with Crippen LogP contribution in [0.25, 0.3) is 0 Å². The van der Waals surface area contributed by atoms with Gasteiger partial charge in [0.05, 0.1) is 18.6 Å². The van der Waals surface area contributed by atoms with E-state index in [1.165, 1.54) is 12.0 Å². The van der Waals surface area contributed by atoms with Gasteiger partial charge in [0.2, 0.25) is 0 Å². The molecule has 0 radical (unpaired) electrons. The van der Waals surface area contributed by atoms with Crippen molar-refractivity contribution >= 4 is 17.3 Å². The SMILES string of the molecule is CCC(=O)[C@@]1(C#CC(F)(F)F)CC[C@H]2[C@@H]3CC(F)C4=CC(=O)CCC4=C3[C@@H](c3ccc(N4CCOCC4)cc3)C[C@@]21C. The lowest BCUT2D eigenvalue weighted by Gasteiger charge is -2.55. The van der Waals surface area contributed by atoms with Crippen molar-refractivity contribution in [3.05, 3.63) is 52.6 Å². The van der Waals surface area contributed by atoms with Crippen LogP contribution in [0.3, 0.4) is 0 Å². The van der Waals surface area contributed by atoms with E-state index in [4.69, 9.17) is 4.74 Å². The van der Waals surface area contributed by atoms with Crippen LogP contribution in [0, 0.1) is 34.5 Å². The van der Waals surface area contributed by atoms with Crippen LogP contribution in [0.5, 0.6) is 0 Å². The molecule has 2 saturated carbocycles. The van der Waals surface area contributed by atoms with Crippen LogP contribution >= 0.6 is 0 Å². The Labute approximate surface area is 244 Å². The van der Waals surface area contributed by atoms with Gasteiger partial charge in [-0.2, -0.15) is 13.2 Å². The van der Waals surface area contributed by atoms with Gasteiger partial charge < -0.3 is 9.64 Å². The summed E-state index contributed by atoms with van der Waals surface area (Å²) in [6.07, 6.45) is -2.31. The van der Waals surface area contributed by atoms with Crippen LogP contribution in [0.2, 0.25) is 0 Å². The van der Waals surface area contributed by atoms with E-state index in [0.29, 0.717) is 44.5 Å². The Morgan fingerprint density at radius 3 is 2.52 bits per heavy atom. The molecular formula is C34H37F4NO3. The fourth-order valence-electron chi connectivity index (χ4n) is 8.91. The quantitative estimate of drug-likeness (QED) is 0.286. The van der Waals surface area contributed by atoms with Gasteiger partial charge in [-0.05, 0) is 84.3 Å². The molecule has 224 valence electrons. The number of ether oxygens (including phenoxy) is 1. The van der Waals surface area contributed by atoms with E-state index in [9.17, 15) is 22.8 Å². The third-order valence-corrected chi connectivity index (χ3v) is 10.8. The molecule has 3 fully saturated rings. The molecule has 5 aliphatic rings. The number of morpholine rings is 1. The molecule has 4 nitrogen and oxygen atoms in total. The molecule has 1 heterocycles. The predicted molar refractivity (Wildman–Crippen MR) is 152 cm³/mol. The Morgan fingerprint density at radius 1 is 1.14 bits per heavy atom. The average Bonchev–Trinajstić information content (AvgIpc) is 3.28. The molecule has 1 aliphatic heterocycles. The third kappa shape index (κ3) is 4.72. The number of anilines is 1. The minimum absolute atomic E-state index is 0.0710. The highest BCUT2D eigenvalue weighted by atomic mass is 19.4. The van der Waals surface area contributed by atoms with Gasteiger partial charge in [0.15, 0.2) is 11.6 Å². The van der Waals surface area contributed by atoms with Crippen LogP contribution in [0.15, 0.2) is 47.1 Å². The maximum atomic E-state index is 15.8. The number of halogens is 4. The first-order chi connectivity index (χ1) is 20.0. The van der Waals surface area contributed by atoms with Gasteiger partial charge in [0.25, 0.3) is 0 Å². The summed E-state index contributed by atoms with van der Waals surface area (Å²) in [4.78, 5) is 28.2. The zero-order chi connectivity index (χ0) is 29.9. The fraction of sp³-hybridized carbons (Fsp3) is 0.588. The molecule has 1 unspecified atom stereocenters. The normalized spacial score (nSPS) is 34.6. The van der Waals surface area contributed by atoms with Crippen molar-refractivity contribution in [1.82, 2.24) is 0 Å². The van der Waals surface area contributed by atoms with Crippen molar-refractivity contribution in [2.24, 2.45) is 22.7 Å². The highest BCUT2D eigenvalue weighted by molar-refractivity contribution is 5.93. The molecule has 0 spiro atoms. The Bertz CT molecular complexity index is 1390. The second-order valence-electron chi connectivity index (χ2n) is 12.7. The maximum absolute atomic E-state index is 15.8. The summed E-state index contributed by atoms with van der Waals surface area (Å²) in [5.74, 6) is 3.03. The first kappa shape index (κ1) is 29.2. The van der Waals surface area contributed by atoms with E-state index in [2.05, 4.69) is 35.1 Å². The number of nitrogens with zero attached hydrogens (tertiary/aromatic N) is 1. The number of allylic oxidation sites excluding steroid dienone is 4. The van der Waals surface area contributed by atoms with Gasteiger partial charge in [0, 0.05) is 43.5 Å². The summed E-state index contributed by atoms with van der Waals surface area (Å²) in [5, 5.41) is 0. The number of alkyl halides is 4. The average molecular weight is 584 g/mol. The molecule has 0 bridgehead atoms. The molecule has 0 aromatic heterocycles. The van der Waals surface area contributed by atoms with Crippen LogP contribution in [0.1, 0.15) is 70.3 Å². The molecule has 1 aromatic rings. The smallest absolute Gasteiger partial charge is 0.378 e. The molecular weight excluding hydrogens is 546 g/mol. The lowest BCUT2D eigenvalue weighted by molar-refractivity contribution is -0.132. The van der Waals surface area contributed by atoms with E-state index in [0.717, 1.165) is 35.5 Å². The van der Waals surface area contributed by atoms with Crippen LogP contribution < -0.4 is 4.90 Å². The molecule has 6 rings (SSSR count). The molecule has 1 aromatic carbocycles. The number of hydrogen-bond donors (Lipinski definition) is 0. The Hall–Kier alpha value is -2.92. The van der Waals surface area contributed by atoms with Crippen molar-refractivity contribution in [3.8, 4) is 11.8 Å². The van der Waals surface area contributed by atoms with Gasteiger partial charge in [-0.1, -0.05) is 37.5 Å². The van der Waals surface area contributed by atoms with Gasteiger partial charge in [-0.15, -0.1) is 0 Å². The van der Waals surface area contributed by atoms with Crippen molar-refractivity contribution in [3.63, 3.8) is 0 Å². The highest BCUT2D eigenvalue weighted by Crippen LogP contribution is 2.70. The number of ketones is 2. The summed E-state index contributed by atoms with van der Waals surface area (Å²) >= 11 is 0. The summed E-state index contributed by atoms with van der Waals surface area (Å²) in [6.45, 7) is 6.52. The third-order valence-electron chi connectivity index (χ3n) is 10.8. The second kappa shape index (κ2) is 10.7. The van der Waals surface area contributed by atoms with Crippen molar-refractivity contribution in [2.75, 3.05) is 31.2 Å². The van der Waals surface area contributed by atoms with E-state index >= 15 is 4.39 Å². The van der Waals surface area contributed by atoms with Gasteiger partial charge in [-0.3, -0.25) is 9.59 Å². The first-order valence-electron chi connectivity index (χ1n) is 15.2. The van der Waals surface area contributed by atoms with E-state index < -0.39 is 23.2 Å². The molecule has 4 aliphatic carbocycles. The summed E-state index contributed by atoms with van der Waals surface area (Å²) < 4.78 is 61.8. The monoisotopic (exact) mass is 583 g/mol. The molecule has 6 atom stereocenters. The summed E-state index contributed by atoms with van der Waals surface area (Å²) in [7, 11) is 0. The van der Waals surface area contributed by atoms with E-state index in [1.54, 1.807) is 6.92 Å². The zero-order valence-corrected chi connectivity index (χ0v) is 24.2. The van der Waals surface area contributed by atoms with Crippen molar-refractivity contribution in [1.29, 1.82) is 0 Å². The minimum atomic E-state index is -4.71. The fourth-order valence-corrected chi connectivity index (χ4v) is 8.91. The van der Waals surface area contributed by atoms with E-state index in [1.807, 2.05) is 6.92 Å². The first-order valence-corrected chi connectivity index (χ1v) is 15.2. The summed E-state index contributed by atoms with van der Waals surface area (Å²) in [5.41, 5.74) is 2.25. The van der Waals surface area contributed by atoms with E-state index in [-0.39, 0.29) is 48.6 Å². The predicted octanol–water partition coefficient (Wildman–Crippen LogP) is 6.90. The number of rotatable bonds is 4. The molecule has 0 amide bonds. The number of carbonyl (C=O) groups is 2. The number of carbonyl (C=O) groups excluding carboxylic acids is 2. The summed E-state index contributed by atoms with van der Waals surface area (Å²) in [6, 6.07) is 8.28. The Morgan fingerprint density at radius 2 is 1.86 bits per heavy atom. The zero-order valence-electron chi connectivity index (χ0n) is 24.2. The lowest BCUT2D eigenvalue weighted by atomic mass is 9.48. The topological polar surface area (TPSA) is 46.6 Å². The molecule has 42 heavy (non-hydrogen) atoms. The highest BCUT2D eigenvalue weighted by Gasteiger charge is 2.65. The lowest BCUT2D eigenvalue weighted by Crippen LogP contribution is -2.51. The molecule has 8 heteroatoms. The van der Waals surface area contributed by atoms with Gasteiger partial charge in [0.1, 0.15) is 6.17 Å². The van der Waals surface area contributed by atoms with Gasteiger partial charge >= 0.3 is 6.18 Å². The van der Waals surface area contributed by atoms with Crippen LogP contribution in [0.4, 0.5) is 23.2 Å². The minimum Gasteiger partial charge on any atom is -0.378 e. The second-order valence-corrected chi connectivity index (χ2v) is 12.7. The number of benzene rings is 1. The van der Waals surface area contributed by atoms with Crippen LogP contribution in [-0.4, -0.2) is 50.2 Å².